The second kappa shape index (κ2) is 8.59. The molecule has 1 aromatic heterocycles. The first-order valence-electron chi connectivity index (χ1n) is 9.91. The molecule has 8 heteroatoms. The number of aromatic nitrogens is 2. The number of likely N-dealkylation sites (N-methyl/N-ethyl adjacent to an activating group) is 1. The fraction of sp³-hybridized carbons (Fsp3) is 0.318. The highest BCUT2D eigenvalue weighted by Crippen LogP contribution is 2.36. The number of nitrogens with zero attached hydrogens (tertiary/aromatic N) is 2. The fourth-order valence-corrected chi connectivity index (χ4v) is 4.85. The van der Waals surface area contributed by atoms with Crippen molar-refractivity contribution in [3.8, 4) is 5.75 Å². The summed E-state index contributed by atoms with van der Waals surface area (Å²) in [6, 6.07) is 16.5. The number of nitrogens with one attached hydrogen (secondary N) is 2. The van der Waals surface area contributed by atoms with Gasteiger partial charge in [-0.2, -0.15) is 5.10 Å². The summed E-state index contributed by atoms with van der Waals surface area (Å²) in [5, 5.41) is 7.31. The highest BCUT2D eigenvalue weighted by atomic mass is 32.2. The van der Waals surface area contributed by atoms with Gasteiger partial charge in [-0.25, -0.2) is 13.1 Å². The van der Waals surface area contributed by atoms with Crippen molar-refractivity contribution >= 4 is 10.0 Å². The molecule has 2 heterocycles. The Morgan fingerprint density at radius 3 is 2.67 bits per heavy atom. The lowest BCUT2D eigenvalue weighted by atomic mass is 9.83. The van der Waals surface area contributed by atoms with Crippen molar-refractivity contribution in [1.29, 1.82) is 0 Å². The van der Waals surface area contributed by atoms with Gasteiger partial charge < -0.3 is 10.1 Å². The van der Waals surface area contributed by atoms with Crippen molar-refractivity contribution in [1.82, 2.24) is 19.8 Å². The van der Waals surface area contributed by atoms with Crippen molar-refractivity contribution in [3.05, 3.63) is 77.6 Å². The lowest BCUT2D eigenvalue weighted by Gasteiger charge is -2.34. The Bertz CT molecular complexity index is 1110. The van der Waals surface area contributed by atoms with Crippen molar-refractivity contribution in [2.24, 2.45) is 7.05 Å². The van der Waals surface area contributed by atoms with E-state index in [9.17, 15) is 8.42 Å². The predicted molar refractivity (Wildman–Crippen MR) is 115 cm³/mol. The number of fused-ring (bicyclic) bond motifs is 1. The molecular formula is C22H26N4O3S. The summed E-state index contributed by atoms with van der Waals surface area (Å²) in [7, 11) is 0.0220. The normalized spacial score (nSPS) is 18.6. The Hall–Kier alpha value is -2.68. The van der Waals surface area contributed by atoms with E-state index in [0.717, 1.165) is 23.3 Å². The van der Waals surface area contributed by atoms with Gasteiger partial charge in [-0.15, -0.1) is 0 Å². The highest BCUT2D eigenvalue weighted by Gasteiger charge is 2.30. The Morgan fingerprint density at radius 1 is 1.17 bits per heavy atom. The quantitative estimate of drug-likeness (QED) is 0.605. The van der Waals surface area contributed by atoms with E-state index < -0.39 is 10.0 Å². The van der Waals surface area contributed by atoms with Gasteiger partial charge in [0.2, 0.25) is 10.0 Å². The minimum atomic E-state index is -3.61. The zero-order valence-corrected chi connectivity index (χ0v) is 17.9. The summed E-state index contributed by atoms with van der Waals surface area (Å²) in [5.74, 6) is 1.09. The molecule has 3 aromatic rings. The maximum absolute atomic E-state index is 12.5. The largest absolute Gasteiger partial charge is 0.492 e. The van der Waals surface area contributed by atoms with Crippen molar-refractivity contribution in [3.63, 3.8) is 0 Å². The molecule has 0 saturated carbocycles. The van der Waals surface area contributed by atoms with Gasteiger partial charge in [0.05, 0.1) is 6.20 Å². The lowest BCUT2D eigenvalue weighted by molar-refractivity contribution is 0.218. The Kier molecular flexibility index (Phi) is 5.90. The number of aryl methyl sites for hydroxylation is 1. The molecule has 2 aromatic carbocycles. The van der Waals surface area contributed by atoms with Crippen LogP contribution in [0.2, 0.25) is 0 Å². The molecular weight excluding hydrogens is 400 g/mol. The van der Waals surface area contributed by atoms with Gasteiger partial charge in [0.15, 0.2) is 0 Å². The van der Waals surface area contributed by atoms with Crippen LogP contribution in [0, 0.1) is 0 Å². The van der Waals surface area contributed by atoms with Gasteiger partial charge in [0.1, 0.15) is 17.3 Å². The maximum atomic E-state index is 12.5. The van der Waals surface area contributed by atoms with Crippen LogP contribution in [0.25, 0.3) is 0 Å². The molecule has 7 nitrogen and oxygen atoms in total. The second-order valence-corrected chi connectivity index (χ2v) is 9.32. The molecule has 0 spiro atoms. The molecule has 0 saturated heterocycles. The average Bonchev–Trinajstić information content (AvgIpc) is 3.21. The molecule has 0 aliphatic carbocycles. The van der Waals surface area contributed by atoms with Crippen LogP contribution < -0.4 is 14.8 Å². The third kappa shape index (κ3) is 4.40. The molecule has 2 N–H and O–H groups in total. The first-order valence-corrected chi connectivity index (χ1v) is 11.4. The zero-order valence-electron chi connectivity index (χ0n) is 17.1. The van der Waals surface area contributed by atoms with Crippen LogP contribution in [0.3, 0.4) is 0 Å². The SMILES string of the molecule is CNC1COc2ccc(CNS(=O)(=O)c3cnn(C)c3)cc2C1Cc1ccccc1. The van der Waals surface area contributed by atoms with E-state index in [1.807, 2.05) is 37.4 Å². The van der Waals surface area contributed by atoms with Crippen LogP contribution in [-0.4, -0.2) is 37.9 Å². The minimum absolute atomic E-state index is 0.156. The lowest BCUT2D eigenvalue weighted by Crippen LogP contribution is -2.41. The summed E-state index contributed by atoms with van der Waals surface area (Å²) in [4.78, 5) is 0.156. The Labute approximate surface area is 177 Å². The number of hydrogen-bond donors (Lipinski definition) is 2. The molecule has 1 aliphatic rings. The van der Waals surface area contributed by atoms with Crippen molar-refractivity contribution in [2.75, 3.05) is 13.7 Å². The van der Waals surface area contributed by atoms with Crippen LogP contribution in [0.1, 0.15) is 22.6 Å². The summed E-state index contributed by atoms with van der Waals surface area (Å²) < 4.78 is 35.1. The van der Waals surface area contributed by atoms with Crippen molar-refractivity contribution in [2.45, 2.75) is 29.8 Å². The summed E-state index contributed by atoms with van der Waals surface area (Å²) >= 11 is 0. The highest BCUT2D eigenvalue weighted by molar-refractivity contribution is 7.89. The molecule has 0 fully saturated rings. The summed E-state index contributed by atoms with van der Waals surface area (Å²) in [6.45, 7) is 0.806. The first-order chi connectivity index (χ1) is 14.5. The predicted octanol–water partition coefficient (Wildman–Crippen LogP) is 2.21. The van der Waals surface area contributed by atoms with E-state index in [4.69, 9.17) is 4.74 Å². The monoisotopic (exact) mass is 426 g/mol. The molecule has 2 atom stereocenters. The fourth-order valence-electron chi connectivity index (χ4n) is 3.85. The topological polar surface area (TPSA) is 85.2 Å². The number of ether oxygens (including phenoxy) is 1. The van der Waals surface area contributed by atoms with E-state index in [1.165, 1.54) is 22.6 Å². The molecule has 0 bridgehead atoms. The molecule has 158 valence electrons. The third-order valence-corrected chi connectivity index (χ3v) is 6.86. The number of rotatable bonds is 7. The van der Waals surface area contributed by atoms with Gasteiger partial charge in [-0.05, 0) is 36.2 Å². The van der Waals surface area contributed by atoms with E-state index >= 15 is 0 Å². The van der Waals surface area contributed by atoms with Gasteiger partial charge in [-0.1, -0.05) is 42.5 Å². The van der Waals surface area contributed by atoms with E-state index in [1.54, 1.807) is 7.05 Å². The van der Waals surface area contributed by atoms with E-state index in [0.29, 0.717) is 6.61 Å². The van der Waals surface area contributed by atoms with Gasteiger partial charge in [0.25, 0.3) is 0 Å². The number of sulfonamides is 1. The third-order valence-electron chi connectivity index (χ3n) is 5.50. The van der Waals surface area contributed by atoms with Gasteiger partial charge >= 0.3 is 0 Å². The summed E-state index contributed by atoms with van der Waals surface area (Å²) in [6.07, 6.45) is 3.71. The molecule has 0 amide bonds. The van der Waals surface area contributed by atoms with Crippen LogP contribution in [0.5, 0.6) is 5.75 Å². The molecule has 0 radical (unpaired) electrons. The summed E-state index contributed by atoms with van der Waals surface area (Å²) in [5.41, 5.74) is 3.25. The van der Waals surface area contributed by atoms with Crippen LogP contribution in [0.4, 0.5) is 0 Å². The van der Waals surface area contributed by atoms with Crippen molar-refractivity contribution < 1.29 is 13.2 Å². The smallest absolute Gasteiger partial charge is 0.243 e. The van der Waals surface area contributed by atoms with E-state index in [2.05, 4.69) is 33.3 Å². The van der Waals surface area contributed by atoms with Crippen LogP contribution in [0.15, 0.2) is 65.8 Å². The average molecular weight is 427 g/mol. The standard InChI is InChI=1S/C22H26N4O3S/c1-23-21-15-29-22-9-8-17(12-25-30(27,28)18-13-24-26(2)14-18)11-20(22)19(21)10-16-6-4-3-5-7-16/h3-9,11,13-14,19,21,23,25H,10,12,15H2,1-2H3. The van der Waals surface area contributed by atoms with Crippen LogP contribution in [-0.2, 0) is 30.0 Å². The minimum Gasteiger partial charge on any atom is -0.492 e. The number of benzene rings is 2. The molecule has 1 aliphatic heterocycles. The molecule has 30 heavy (non-hydrogen) atoms. The van der Waals surface area contributed by atoms with Crippen LogP contribution >= 0.6 is 0 Å². The zero-order chi connectivity index (χ0) is 21.1. The number of hydrogen-bond acceptors (Lipinski definition) is 5. The second-order valence-electron chi connectivity index (χ2n) is 7.55. The van der Waals surface area contributed by atoms with E-state index in [-0.39, 0.29) is 23.4 Å². The molecule has 2 unspecified atom stereocenters. The first kappa shape index (κ1) is 20.6. The van der Waals surface area contributed by atoms with Gasteiger partial charge in [-0.3, -0.25) is 4.68 Å². The Morgan fingerprint density at radius 2 is 1.97 bits per heavy atom. The Balaban J connectivity index is 1.57. The van der Waals surface area contributed by atoms with Gasteiger partial charge in [0, 0.05) is 31.7 Å². The molecule has 4 rings (SSSR count). The maximum Gasteiger partial charge on any atom is 0.243 e.